The van der Waals surface area contributed by atoms with Crippen LogP contribution >= 0.6 is 0 Å². The van der Waals surface area contributed by atoms with Gasteiger partial charge >= 0.3 is 0 Å². The van der Waals surface area contributed by atoms with Crippen LogP contribution < -0.4 is 0 Å². The minimum absolute atomic E-state index is 0.0251. The van der Waals surface area contributed by atoms with E-state index in [4.69, 9.17) is 9.47 Å². The van der Waals surface area contributed by atoms with Crippen LogP contribution in [0.1, 0.15) is 41.5 Å². The maximum Gasteiger partial charge on any atom is 0.177 e. The number of ether oxygens (including phenoxy) is 2. The van der Waals surface area contributed by atoms with E-state index in [1.165, 1.54) is 0 Å². The van der Waals surface area contributed by atoms with Crippen LogP contribution in [-0.2, 0) is 28.7 Å². The minimum Gasteiger partial charge on any atom is -0.497 e. The third-order valence-electron chi connectivity index (χ3n) is 8.51. The zero-order valence-corrected chi connectivity index (χ0v) is 18.0. The van der Waals surface area contributed by atoms with Crippen molar-refractivity contribution < 1.29 is 28.7 Å². The van der Waals surface area contributed by atoms with Crippen molar-refractivity contribution in [3.05, 3.63) is 46.0 Å². The van der Waals surface area contributed by atoms with Crippen LogP contribution in [0.2, 0.25) is 0 Å². The third-order valence-corrected chi connectivity index (χ3v) is 8.51. The van der Waals surface area contributed by atoms with Gasteiger partial charge in [0.05, 0.1) is 16.9 Å². The summed E-state index contributed by atoms with van der Waals surface area (Å²) < 4.78 is 11.4. The Bertz CT molecular complexity index is 1150. The number of allylic oxidation sites excluding steroid dienone is 6. The first-order valence-corrected chi connectivity index (χ1v) is 10.2. The molecule has 0 aromatic heterocycles. The number of fused-ring (bicyclic) bond motifs is 5. The molecule has 0 aromatic rings. The highest BCUT2D eigenvalue weighted by atomic mass is 16.5. The Labute approximate surface area is 174 Å². The molecule has 2 aliphatic heterocycles. The van der Waals surface area contributed by atoms with E-state index < -0.39 is 33.2 Å². The molecule has 4 bridgehead atoms. The van der Waals surface area contributed by atoms with E-state index >= 15 is 0 Å². The zero-order valence-electron chi connectivity index (χ0n) is 18.0. The molecule has 0 N–H and O–H groups in total. The Morgan fingerprint density at radius 2 is 1.33 bits per heavy atom. The molecule has 5 rings (SSSR count). The van der Waals surface area contributed by atoms with Gasteiger partial charge in [-0.3, -0.25) is 19.2 Å². The molecule has 6 heteroatoms. The van der Waals surface area contributed by atoms with Crippen molar-refractivity contribution in [2.24, 2.45) is 21.7 Å². The number of carbonyl (C=O) groups is 4. The predicted molar refractivity (Wildman–Crippen MR) is 106 cm³/mol. The van der Waals surface area contributed by atoms with Gasteiger partial charge in [-0.05, 0) is 70.4 Å². The summed E-state index contributed by atoms with van der Waals surface area (Å²) in [5.41, 5.74) is -4.60. The van der Waals surface area contributed by atoms with Crippen molar-refractivity contribution in [3.8, 4) is 0 Å². The number of hydrogen-bond acceptors (Lipinski definition) is 6. The first kappa shape index (κ1) is 19.2. The Morgan fingerprint density at radius 1 is 0.733 bits per heavy atom. The molecular weight excluding hydrogens is 384 g/mol. The number of ketones is 4. The fourth-order valence-corrected chi connectivity index (χ4v) is 6.55. The normalized spacial score (nSPS) is 42.2. The van der Waals surface area contributed by atoms with Gasteiger partial charge in [-0.1, -0.05) is 0 Å². The molecule has 0 unspecified atom stereocenters. The molecule has 1 spiro atoms. The van der Waals surface area contributed by atoms with Gasteiger partial charge in [0, 0.05) is 5.57 Å². The van der Waals surface area contributed by atoms with E-state index in [-0.39, 0.29) is 24.8 Å². The molecule has 5 aliphatic rings. The van der Waals surface area contributed by atoms with Crippen molar-refractivity contribution in [1.82, 2.24) is 0 Å². The molecule has 1 saturated carbocycles. The summed E-state index contributed by atoms with van der Waals surface area (Å²) >= 11 is 0. The summed E-state index contributed by atoms with van der Waals surface area (Å²) in [7, 11) is 0. The lowest BCUT2D eigenvalue weighted by Crippen LogP contribution is -2.78. The van der Waals surface area contributed by atoms with Crippen LogP contribution in [0.4, 0.5) is 0 Å². The topological polar surface area (TPSA) is 86.7 Å². The summed E-state index contributed by atoms with van der Waals surface area (Å²) in [5, 5.41) is 0. The SMILES string of the molecule is CC1=CC2=C(CO1)C(=O)[C@@]1(C)C(=O)[C@]2(C)[C@]2(C)C(=O)C(C)=C3C=C(C)OC[C@@]31C2=O. The molecule has 2 heterocycles. The molecule has 1 fully saturated rings. The Kier molecular flexibility index (Phi) is 3.27. The van der Waals surface area contributed by atoms with Gasteiger partial charge in [0.1, 0.15) is 29.5 Å². The lowest BCUT2D eigenvalue weighted by molar-refractivity contribution is -0.188. The third kappa shape index (κ3) is 1.54. The maximum atomic E-state index is 14.3. The smallest absolute Gasteiger partial charge is 0.177 e. The summed E-state index contributed by atoms with van der Waals surface area (Å²) in [6, 6.07) is 0. The standard InChI is InChI=1S/C24H24O6/c1-11-8-16-14(9-29-11)18(26)23(6)19(27)21(16,4)22(5)17(25)13(3)15-7-12(2)30-10-24(15,23)20(22)28/h7-8H,9-10H2,1-6H3/t21-,22-,23+,24+/m1/s1. The number of carbonyl (C=O) groups excluding carboxylic acids is 4. The monoisotopic (exact) mass is 408 g/mol. The van der Waals surface area contributed by atoms with E-state index in [2.05, 4.69) is 0 Å². The fourth-order valence-electron chi connectivity index (χ4n) is 6.55. The Balaban J connectivity index is 2.00. The van der Waals surface area contributed by atoms with Crippen LogP contribution in [0.15, 0.2) is 46.0 Å². The molecule has 0 radical (unpaired) electrons. The van der Waals surface area contributed by atoms with Gasteiger partial charge < -0.3 is 9.47 Å². The number of rotatable bonds is 0. The van der Waals surface area contributed by atoms with Crippen LogP contribution in [0.3, 0.4) is 0 Å². The van der Waals surface area contributed by atoms with Gasteiger partial charge in [-0.25, -0.2) is 0 Å². The number of hydrogen-bond donors (Lipinski definition) is 0. The highest BCUT2D eigenvalue weighted by molar-refractivity contribution is 6.35. The lowest BCUT2D eigenvalue weighted by Gasteiger charge is -2.65. The molecule has 4 atom stereocenters. The molecule has 0 aromatic carbocycles. The Morgan fingerprint density at radius 3 is 2.00 bits per heavy atom. The maximum absolute atomic E-state index is 14.3. The summed E-state index contributed by atoms with van der Waals surface area (Å²) in [6.45, 7) is 9.83. The zero-order chi connectivity index (χ0) is 22.0. The average Bonchev–Trinajstić information content (AvgIpc) is 2.72. The van der Waals surface area contributed by atoms with E-state index in [0.29, 0.717) is 33.8 Å². The van der Waals surface area contributed by atoms with E-state index in [1.54, 1.807) is 53.7 Å². The van der Waals surface area contributed by atoms with Crippen LogP contribution in [0, 0.1) is 21.7 Å². The second kappa shape index (κ2) is 5.10. The van der Waals surface area contributed by atoms with Crippen molar-refractivity contribution in [3.63, 3.8) is 0 Å². The van der Waals surface area contributed by atoms with E-state index in [9.17, 15) is 19.2 Å². The average molecular weight is 408 g/mol. The van der Waals surface area contributed by atoms with Gasteiger partial charge in [0.25, 0.3) is 0 Å². The molecule has 6 nitrogen and oxygen atoms in total. The fraction of sp³-hybridized carbons (Fsp3) is 0.500. The van der Waals surface area contributed by atoms with Gasteiger partial charge in [0.2, 0.25) is 0 Å². The molecule has 0 amide bonds. The quantitative estimate of drug-likeness (QED) is 0.573. The summed E-state index contributed by atoms with van der Waals surface area (Å²) in [5.74, 6) is -0.457. The summed E-state index contributed by atoms with van der Waals surface area (Å²) in [6.07, 6.45) is 3.29. The second-order valence-corrected chi connectivity index (χ2v) is 9.62. The molecular formula is C24H24O6. The van der Waals surface area contributed by atoms with E-state index in [1.807, 2.05) is 0 Å². The van der Waals surface area contributed by atoms with Crippen molar-refractivity contribution >= 4 is 23.1 Å². The summed E-state index contributed by atoms with van der Waals surface area (Å²) in [4.78, 5) is 56.2. The molecule has 0 saturated heterocycles. The molecule has 3 aliphatic carbocycles. The largest absolute Gasteiger partial charge is 0.497 e. The first-order valence-electron chi connectivity index (χ1n) is 10.2. The van der Waals surface area contributed by atoms with Crippen molar-refractivity contribution in [2.75, 3.05) is 13.2 Å². The van der Waals surface area contributed by atoms with Crippen LogP contribution in [0.5, 0.6) is 0 Å². The van der Waals surface area contributed by atoms with Gasteiger partial charge in [-0.2, -0.15) is 0 Å². The van der Waals surface area contributed by atoms with Crippen LogP contribution in [-0.4, -0.2) is 36.3 Å². The van der Waals surface area contributed by atoms with Gasteiger partial charge in [0.15, 0.2) is 23.1 Å². The van der Waals surface area contributed by atoms with Crippen LogP contribution in [0.25, 0.3) is 0 Å². The van der Waals surface area contributed by atoms with E-state index in [0.717, 1.165) is 0 Å². The minimum atomic E-state index is -1.67. The second-order valence-electron chi connectivity index (χ2n) is 9.62. The molecule has 156 valence electrons. The number of Topliss-reactive ketones (excluding diaryl/α,β-unsaturated/α-hetero) is 4. The van der Waals surface area contributed by atoms with Crippen molar-refractivity contribution in [1.29, 1.82) is 0 Å². The van der Waals surface area contributed by atoms with Crippen molar-refractivity contribution in [2.45, 2.75) is 41.5 Å². The Hall–Kier alpha value is -2.76. The molecule has 30 heavy (non-hydrogen) atoms. The first-order chi connectivity index (χ1) is 13.9. The predicted octanol–water partition coefficient (Wildman–Crippen LogP) is 2.79. The van der Waals surface area contributed by atoms with Gasteiger partial charge in [-0.15, -0.1) is 0 Å². The highest BCUT2D eigenvalue weighted by Crippen LogP contribution is 2.71. The highest BCUT2D eigenvalue weighted by Gasteiger charge is 2.83. The lowest BCUT2D eigenvalue weighted by atomic mass is 9.32.